The Morgan fingerprint density at radius 1 is 1.10 bits per heavy atom. The van der Waals surface area contributed by atoms with Crippen molar-refractivity contribution in [2.24, 2.45) is 5.92 Å². The molecule has 248 valence electrons. The lowest BCUT2D eigenvalue weighted by atomic mass is 9.86. The van der Waals surface area contributed by atoms with E-state index in [1.165, 1.54) is 12.1 Å². The van der Waals surface area contributed by atoms with Crippen molar-refractivity contribution < 1.29 is 18.7 Å². The zero-order valence-corrected chi connectivity index (χ0v) is 28.2. The maximum atomic E-state index is 15.4. The number of ether oxygens (including phenoxy) is 2. The Bertz CT molecular complexity index is 2000. The summed E-state index contributed by atoms with van der Waals surface area (Å²) in [4.78, 5) is 13.8. The number of rotatable bonds is 8. The highest BCUT2D eigenvalue weighted by Gasteiger charge is 2.44. The van der Waals surface area contributed by atoms with Gasteiger partial charge in [0, 0.05) is 46.6 Å². The monoisotopic (exact) mass is 668 g/mol. The van der Waals surface area contributed by atoms with E-state index in [1.54, 1.807) is 34.9 Å². The summed E-state index contributed by atoms with van der Waals surface area (Å²) in [7, 11) is 1.60. The van der Waals surface area contributed by atoms with Crippen LogP contribution in [-0.2, 0) is 6.54 Å². The highest BCUT2D eigenvalue weighted by molar-refractivity contribution is 6.30. The van der Waals surface area contributed by atoms with E-state index >= 15 is 4.39 Å². The standard InChI is InChI=1S/C37H38ClFN6O3/c1-22(2)19-44-20-29(35(42-44)28-15-23(3)7-11-33(28)47-4)36(46)40-25-9-10-30(39)26(17-25)31-21-45(43-41-31)32-18-37(13-5-6-14-37)48-34-12-8-24(38)16-27(32)34/h7-12,15-17,20-22,32H,5-6,13-14,18-19H2,1-4H3,(H,40,46)/t32-/m1/s1. The number of nitrogens with one attached hydrogen (secondary N) is 1. The van der Waals surface area contributed by atoms with Gasteiger partial charge in [-0.15, -0.1) is 5.10 Å². The Morgan fingerprint density at radius 3 is 2.69 bits per heavy atom. The van der Waals surface area contributed by atoms with Crippen molar-refractivity contribution >= 4 is 23.2 Å². The number of nitrogens with zero attached hydrogens (tertiary/aromatic N) is 5. The molecule has 1 spiro atoms. The number of carbonyl (C=O) groups excluding carboxylic acids is 1. The normalized spacial score (nSPS) is 16.6. The number of anilines is 1. The van der Waals surface area contributed by atoms with Crippen molar-refractivity contribution in [1.82, 2.24) is 24.8 Å². The van der Waals surface area contributed by atoms with E-state index in [0.29, 0.717) is 45.9 Å². The summed E-state index contributed by atoms with van der Waals surface area (Å²) in [5.41, 5.74) is 4.28. The molecular weight excluding hydrogens is 631 g/mol. The molecule has 0 saturated heterocycles. The first-order valence-corrected chi connectivity index (χ1v) is 16.7. The molecule has 1 fully saturated rings. The molecule has 1 N–H and O–H groups in total. The topological polar surface area (TPSA) is 96.1 Å². The Kier molecular flexibility index (Phi) is 8.45. The molecule has 2 aromatic heterocycles. The SMILES string of the molecule is COc1ccc(C)cc1-c1nn(CC(C)C)cc1C(=O)Nc1ccc(F)c(-c2cn([C@@H]3CC4(CCCC4)Oc4ccc(Cl)cc43)nn2)c1. The Labute approximate surface area is 284 Å². The van der Waals surface area contributed by atoms with Crippen molar-refractivity contribution in [3.8, 4) is 34.0 Å². The van der Waals surface area contributed by atoms with Crippen LogP contribution in [0.1, 0.15) is 73.5 Å². The van der Waals surface area contributed by atoms with Gasteiger partial charge in [0.25, 0.3) is 5.91 Å². The highest BCUT2D eigenvalue weighted by Crippen LogP contribution is 2.49. The fraction of sp³-hybridized carbons (Fsp3) is 0.351. The van der Waals surface area contributed by atoms with E-state index in [1.807, 2.05) is 43.3 Å². The second-order valence-electron chi connectivity index (χ2n) is 13.3. The summed E-state index contributed by atoms with van der Waals surface area (Å²) < 4.78 is 31.1. The number of hydrogen-bond donors (Lipinski definition) is 1. The molecule has 7 rings (SSSR count). The summed E-state index contributed by atoms with van der Waals surface area (Å²) >= 11 is 6.40. The lowest BCUT2D eigenvalue weighted by Crippen LogP contribution is -2.40. The van der Waals surface area contributed by atoms with Crippen molar-refractivity contribution in [2.45, 2.75) is 71.1 Å². The summed E-state index contributed by atoms with van der Waals surface area (Å²) in [6.45, 7) is 6.79. The minimum absolute atomic E-state index is 0.169. The van der Waals surface area contributed by atoms with E-state index in [4.69, 9.17) is 26.2 Å². The summed E-state index contributed by atoms with van der Waals surface area (Å²) in [5, 5.41) is 17.2. The van der Waals surface area contributed by atoms with Gasteiger partial charge in [-0.3, -0.25) is 9.48 Å². The van der Waals surface area contributed by atoms with Crippen LogP contribution in [0.15, 0.2) is 67.0 Å². The first-order valence-electron chi connectivity index (χ1n) is 16.4. The average molecular weight is 669 g/mol. The molecule has 0 unspecified atom stereocenters. The predicted octanol–water partition coefficient (Wildman–Crippen LogP) is 8.51. The number of carbonyl (C=O) groups is 1. The third-order valence-corrected chi connectivity index (χ3v) is 9.47. The van der Waals surface area contributed by atoms with E-state index in [9.17, 15) is 4.79 Å². The average Bonchev–Trinajstić information content (AvgIpc) is 3.82. The number of benzene rings is 3. The van der Waals surface area contributed by atoms with Gasteiger partial charge in [-0.05, 0) is 87.1 Å². The lowest BCUT2D eigenvalue weighted by Gasteiger charge is -2.40. The third kappa shape index (κ3) is 6.17. The molecule has 3 heterocycles. The molecule has 1 amide bonds. The largest absolute Gasteiger partial charge is 0.496 e. The van der Waals surface area contributed by atoms with Crippen molar-refractivity contribution in [3.63, 3.8) is 0 Å². The maximum Gasteiger partial charge on any atom is 0.259 e. The zero-order chi connectivity index (χ0) is 33.6. The number of halogens is 2. The predicted molar refractivity (Wildman–Crippen MR) is 183 cm³/mol. The first-order chi connectivity index (χ1) is 23.1. The van der Waals surface area contributed by atoms with Gasteiger partial charge in [0.1, 0.15) is 34.3 Å². The number of aryl methyl sites for hydroxylation is 1. The highest BCUT2D eigenvalue weighted by atomic mass is 35.5. The van der Waals surface area contributed by atoms with Gasteiger partial charge in [-0.1, -0.05) is 42.3 Å². The third-order valence-electron chi connectivity index (χ3n) is 9.24. The number of methoxy groups -OCH3 is 1. The van der Waals surface area contributed by atoms with Crippen LogP contribution in [0.25, 0.3) is 22.5 Å². The molecule has 1 saturated carbocycles. The summed E-state index contributed by atoms with van der Waals surface area (Å²) in [6, 6.07) is 15.7. The number of hydrogen-bond acceptors (Lipinski definition) is 6. The van der Waals surface area contributed by atoms with Crippen LogP contribution in [0.3, 0.4) is 0 Å². The quantitative estimate of drug-likeness (QED) is 0.178. The van der Waals surface area contributed by atoms with Gasteiger partial charge >= 0.3 is 0 Å². The van der Waals surface area contributed by atoms with Gasteiger partial charge in [0.05, 0.1) is 24.9 Å². The van der Waals surface area contributed by atoms with E-state index in [0.717, 1.165) is 54.5 Å². The van der Waals surface area contributed by atoms with Crippen LogP contribution in [0.4, 0.5) is 10.1 Å². The molecule has 2 aliphatic rings. The molecule has 3 aromatic carbocycles. The maximum absolute atomic E-state index is 15.4. The number of aromatic nitrogens is 5. The first kappa shape index (κ1) is 31.9. The fourth-order valence-electron chi connectivity index (χ4n) is 6.98. The molecule has 1 aliphatic heterocycles. The van der Waals surface area contributed by atoms with Crippen molar-refractivity contribution in [3.05, 3.63) is 94.5 Å². The van der Waals surface area contributed by atoms with Gasteiger partial charge in [-0.2, -0.15) is 5.10 Å². The fourth-order valence-corrected chi connectivity index (χ4v) is 7.16. The van der Waals surface area contributed by atoms with Crippen molar-refractivity contribution in [1.29, 1.82) is 0 Å². The van der Waals surface area contributed by atoms with Gasteiger partial charge in [0.2, 0.25) is 0 Å². The Hall–Kier alpha value is -4.70. The molecule has 0 radical (unpaired) electrons. The Balaban J connectivity index is 1.19. The number of fused-ring (bicyclic) bond motifs is 1. The van der Waals surface area contributed by atoms with Crippen molar-refractivity contribution in [2.75, 3.05) is 12.4 Å². The summed E-state index contributed by atoms with van der Waals surface area (Å²) in [6.07, 6.45) is 8.39. The van der Waals surface area contributed by atoms with Gasteiger partial charge < -0.3 is 14.8 Å². The molecule has 9 nitrogen and oxygen atoms in total. The molecule has 48 heavy (non-hydrogen) atoms. The Morgan fingerprint density at radius 2 is 1.92 bits per heavy atom. The van der Waals surface area contributed by atoms with Crippen LogP contribution in [0.2, 0.25) is 5.02 Å². The smallest absolute Gasteiger partial charge is 0.259 e. The molecule has 5 aromatic rings. The van der Waals surface area contributed by atoms with Crippen LogP contribution in [0.5, 0.6) is 11.5 Å². The summed E-state index contributed by atoms with van der Waals surface area (Å²) in [5.74, 6) is 0.881. The zero-order valence-electron chi connectivity index (χ0n) is 27.5. The molecule has 1 atom stereocenters. The second-order valence-corrected chi connectivity index (χ2v) is 13.8. The van der Waals surface area contributed by atoms with E-state index in [-0.39, 0.29) is 23.1 Å². The molecular formula is C37H38ClFN6O3. The van der Waals surface area contributed by atoms with Crippen LogP contribution < -0.4 is 14.8 Å². The van der Waals surface area contributed by atoms with E-state index < -0.39 is 5.82 Å². The van der Waals surface area contributed by atoms with Crippen LogP contribution >= 0.6 is 11.6 Å². The molecule has 11 heteroatoms. The van der Waals surface area contributed by atoms with E-state index in [2.05, 4.69) is 29.5 Å². The lowest BCUT2D eigenvalue weighted by molar-refractivity contribution is 0.0354. The second kappa shape index (κ2) is 12.7. The van der Waals surface area contributed by atoms with Crippen LogP contribution in [0, 0.1) is 18.7 Å². The number of amides is 1. The minimum Gasteiger partial charge on any atom is -0.496 e. The van der Waals surface area contributed by atoms with Crippen LogP contribution in [-0.4, -0.2) is 43.4 Å². The minimum atomic E-state index is -0.474. The van der Waals surface area contributed by atoms with Gasteiger partial charge in [-0.25, -0.2) is 9.07 Å². The van der Waals surface area contributed by atoms with Gasteiger partial charge in [0.15, 0.2) is 0 Å². The molecule has 1 aliphatic carbocycles. The molecule has 0 bridgehead atoms.